The summed E-state index contributed by atoms with van der Waals surface area (Å²) in [4.78, 5) is 4.87. The van der Waals surface area contributed by atoms with E-state index in [1.807, 2.05) is 72.8 Å². The van der Waals surface area contributed by atoms with Crippen LogP contribution in [0, 0.1) is 0 Å². The van der Waals surface area contributed by atoms with Gasteiger partial charge in [0.25, 0.3) is 0 Å². The maximum atomic E-state index is 11.0. The van der Waals surface area contributed by atoms with Gasteiger partial charge < -0.3 is 10.2 Å². The number of phenolic OH excluding ortho intramolecular Hbond substituents is 1. The van der Waals surface area contributed by atoms with E-state index in [-0.39, 0.29) is 5.75 Å². The summed E-state index contributed by atoms with van der Waals surface area (Å²) in [6.07, 6.45) is -0.697. The van der Waals surface area contributed by atoms with Crippen molar-refractivity contribution in [3.05, 3.63) is 96.1 Å². The van der Waals surface area contributed by atoms with Crippen molar-refractivity contribution in [3.8, 4) is 39.4 Å². The molecular weight excluding hydrogens is 334 g/mol. The third kappa shape index (κ3) is 2.52. The lowest BCUT2D eigenvalue weighted by atomic mass is 9.95. The van der Waals surface area contributed by atoms with E-state index in [0.717, 1.165) is 44.8 Å². The summed E-state index contributed by atoms with van der Waals surface area (Å²) < 4.78 is 0. The fourth-order valence-electron chi connectivity index (χ4n) is 3.81. The fourth-order valence-corrected chi connectivity index (χ4v) is 3.81. The lowest BCUT2D eigenvalue weighted by molar-refractivity contribution is 0.225. The second-order valence-electron chi connectivity index (χ2n) is 6.72. The van der Waals surface area contributed by atoms with Crippen LogP contribution in [0.2, 0.25) is 0 Å². The molecule has 1 atom stereocenters. The van der Waals surface area contributed by atoms with Gasteiger partial charge in [-0.1, -0.05) is 66.7 Å². The minimum atomic E-state index is -0.697. The predicted molar refractivity (Wildman–Crippen MR) is 106 cm³/mol. The molecule has 1 unspecified atom stereocenters. The van der Waals surface area contributed by atoms with E-state index in [4.69, 9.17) is 4.98 Å². The molecular formula is C24H17NO2. The molecule has 0 radical (unpaired) electrons. The Balaban J connectivity index is 1.83. The minimum Gasteiger partial charge on any atom is -0.508 e. The van der Waals surface area contributed by atoms with Gasteiger partial charge in [-0.3, -0.25) is 0 Å². The highest BCUT2D eigenvalue weighted by Crippen LogP contribution is 2.47. The zero-order valence-electron chi connectivity index (χ0n) is 14.5. The Hall–Kier alpha value is -3.43. The van der Waals surface area contributed by atoms with Crippen LogP contribution in [-0.2, 0) is 0 Å². The van der Waals surface area contributed by atoms with Gasteiger partial charge in [0.15, 0.2) is 0 Å². The maximum absolute atomic E-state index is 11.0. The fraction of sp³-hybridized carbons (Fsp3) is 0.0417. The van der Waals surface area contributed by atoms with E-state index in [1.165, 1.54) is 0 Å². The monoisotopic (exact) mass is 351 g/mol. The van der Waals surface area contributed by atoms with Crippen LogP contribution in [0.1, 0.15) is 17.2 Å². The Morgan fingerprint density at radius 1 is 0.704 bits per heavy atom. The van der Waals surface area contributed by atoms with Crippen molar-refractivity contribution in [1.29, 1.82) is 0 Å². The summed E-state index contributed by atoms with van der Waals surface area (Å²) in [5.74, 6) is 0.205. The Kier molecular flexibility index (Phi) is 3.56. The highest BCUT2D eigenvalue weighted by Gasteiger charge is 2.31. The summed E-state index contributed by atoms with van der Waals surface area (Å²) in [6.45, 7) is 0. The largest absolute Gasteiger partial charge is 0.508 e. The molecule has 4 aromatic rings. The average molecular weight is 351 g/mol. The summed E-state index contributed by atoms with van der Waals surface area (Å²) in [7, 11) is 0. The van der Waals surface area contributed by atoms with Crippen LogP contribution in [0.5, 0.6) is 5.75 Å². The summed E-state index contributed by atoms with van der Waals surface area (Å²) in [6, 6.07) is 27.0. The molecule has 3 nitrogen and oxygen atoms in total. The third-order valence-corrected chi connectivity index (χ3v) is 5.07. The van der Waals surface area contributed by atoms with E-state index < -0.39 is 6.10 Å². The SMILES string of the molecule is Oc1cccc(-c2cc(-c3ccccc3)c3c(n2)-c2ccccc2C3O)c1. The standard InChI is InChI=1S/C24H17NO2/c26-17-10-6-9-16(13-17)21-14-20(15-7-2-1-3-8-15)22-23(25-21)18-11-4-5-12-19(18)24(22)27/h1-14,24,26-27H. The van der Waals surface area contributed by atoms with Gasteiger partial charge in [0.2, 0.25) is 0 Å². The molecule has 3 aromatic carbocycles. The molecule has 1 aromatic heterocycles. The molecule has 0 aliphatic heterocycles. The highest BCUT2D eigenvalue weighted by molar-refractivity contribution is 5.86. The summed E-state index contributed by atoms with van der Waals surface area (Å²) in [5, 5.41) is 20.9. The molecule has 0 saturated carbocycles. The van der Waals surface area contributed by atoms with Gasteiger partial charge >= 0.3 is 0 Å². The second-order valence-corrected chi connectivity index (χ2v) is 6.72. The van der Waals surface area contributed by atoms with Gasteiger partial charge in [-0.25, -0.2) is 4.98 Å². The van der Waals surface area contributed by atoms with E-state index in [1.54, 1.807) is 12.1 Å². The quantitative estimate of drug-likeness (QED) is 0.523. The van der Waals surface area contributed by atoms with Crippen molar-refractivity contribution in [2.45, 2.75) is 6.10 Å². The molecule has 0 bridgehead atoms. The van der Waals surface area contributed by atoms with Crippen molar-refractivity contribution < 1.29 is 10.2 Å². The van der Waals surface area contributed by atoms with Gasteiger partial charge in [0, 0.05) is 16.7 Å². The number of benzene rings is 3. The van der Waals surface area contributed by atoms with Crippen molar-refractivity contribution in [2.75, 3.05) is 0 Å². The first-order valence-electron chi connectivity index (χ1n) is 8.89. The minimum absolute atomic E-state index is 0.205. The Morgan fingerprint density at radius 2 is 1.44 bits per heavy atom. The number of aliphatic hydroxyl groups is 1. The predicted octanol–water partition coefficient (Wildman–Crippen LogP) is 5.18. The van der Waals surface area contributed by atoms with Crippen molar-refractivity contribution in [2.24, 2.45) is 0 Å². The molecule has 1 aliphatic carbocycles. The van der Waals surface area contributed by atoms with Crippen LogP contribution >= 0.6 is 0 Å². The first-order chi connectivity index (χ1) is 13.2. The lowest BCUT2D eigenvalue weighted by Gasteiger charge is -2.14. The van der Waals surface area contributed by atoms with E-state index in [2.05, 4.69) is 0 Å². The zero-order valence-corrected chi connectivity index (χ0v) is 14.5. The number of aliphatic hydroxyl groups excluding tert-OH is 1. The molecule has 0 amide bonds. The molecule has 0 saturated heterocycles. The van der Waals surface area contributed by atoms with Crippen LogP contribution in [0.4, 0.5) is 0 Å². The van der Waals surface area contributed by atoms with Crippen molar-refractivity contribution >= 4 is 0 Å². The molecule has 5 rings (SSSR count). The summed E-state index contributed by atoms with van der Waals surface area (Å²) in [5.41, 5.74) is 7.09. The second kappa shape index (κ2) is 6.08. The molecule has 27 heavy (non-hydrogen) atoms. The van der Waals surface area contributed by atoms with Crippen LogP contribution in [0.15, 0.2) is 84.9 Å². The van der Waals surface area contributed by atoms with Gasteiger partial charge in [-0.15, -0.1) is 0 Å². The van der Waals surface area contributed by atoms with Crippen LogP contribution in [-0.4, -0.2) is 15.2 Å². The number of hydrogen-bond acceptors (Lipinski definition) is 3. The number of hydrogen-bond donors (Lipinski definition) is 2. The van der Waals surface area contributed by atoms with Gasteiger partial charge in [-0.05, 0) is 34.9 Å². The number of aromatic nitrogens is 1. The summed E-state index contributed by atoms with van der Waals surface area (Å²) >= 11 is 0. The molecule has 0 fully saturated rings. The smallest absolute Gasteiger partial charge is 0.116 e. The maximum Gasteiger partial charge on any atom is 0.116 e. The Morgan fingerprint density at radius 3 is 2.26 bits per heavy atom. The third-order valence-electron chi connectivity index (χ3n) is 5.07. The molecule has 3 heteroatoms. The van der Waals surface area contributed by atoms with Crippen LogP contribution < -0.4 is 0 Å². The van der Waals surface area contributed by atoms with Crippen LogP contribution in [0.25, 0.3) is 33.6 Å². The van der Waals surface area contributed by atoms with Crippen molar-refractivity contribution in [1.82, 2.24) is 4.98 Å². The average Bonchev–Trinajstić information content (AvgIpc) is 3.01. The topological polar surface area (TPSA) is 53.4 Å². The number of pyridine rings is 1. The molecule has 130 valence electrons. The first-order valence-corrected chi connectivity index (χ1v) is 8.89. The van der Waals surface area contributed by atoms with E-state index in [9.17, 15) is 10.2 Å². The number of phenols is 1. The number of fused-ring (bicyclic) bond motifs is 3. The normalized spacial score (nSPS) is 14.6. The van der Waals surface area contributed by atoms with Gasteiger partial charge in [0.1, 0.15) is 11.9 Å². The van der Waals surface area contributed by atoms with E-state index in [0.29, 0.717) is 0 Å². The zero-order chi connectivity index (χ0) is 18.4. The van der Waals surface area contributed by atoms with Gasteiger partial charge in [0.05, 0.1) is 11.4 Å². The molecule has 1 heterocycles. The van der Waals surface area contributed by atoms with E-state index >= 15 is 0 Å². The van der Waals surface area contributed by atoms with Crippen molar-refractivity contribution in [3.63, 3.8) is 0 Å². The number of aromatic hydroxyl groups is 1. The lowest BCUT2D eigenvalue weighted by Crippen LogP contribution is -1.99. The Bertz CT molecular complexity index is 1150. The first kappa shape index (κ1) is 15.8. The Labute approximate surface area is 157 Å². The molecule has 2 N–H and O–H groups in total. The number of nitrogens with zero attached hydrogens (tertiary/aromatic N) is 1. The molecule has 1 aliphatic rings. The highest BCUT2D eigenvalue weighted by atomic mass is 16.3. The van der Waals surface area contributed by atoms with Gasteiger partial charge in [-0.2, -0.15) is 0 Å². The van der Waals surface area contributed by atoms with Crippen LogP contribution in [0.3, 0.4) is 0 Å². The molecule has 0 spiro atoms. The number of rotatable bonds is 2.